The van der Waals surface area contributed by atoms with Gasteiger partial charge in [-0.15, -0.1) is 0 Å². The molecular formula is C9H8F6N2O2. The lowest BCUT2D eigenvalue weighted by Gasteiger charge is -2.09. The number of aromatic nitrogens is 2. The topological polar surface area (TPSA) is 44.1 Å². The van der Waals surface area contributed by atoms with Gasteiger partial charge in [-0.05, 0) is 0 Å². The average molecular weight is 290 g/mol. The molecule has 19 heavy (non-hydrogen) atoms. The zero-order valence-electron chi connectivity index (χ0n) is 9.47. The Morgan fingerprint density at radius 2 is 1.84 bits per heavy atom. The summed E-state index contributed by atoms with van der Waals surface area (Å²) in [6, 6.07) is -0.0895. The standard InChI is InChI=1S/C9H8F6N2O2/c1-5(18)19-3-2-17-7(9(13,14)15)4-6(16-17)8(10,11)12/h4H,2-3H2,1H3. The maximum Gasteiger partial charge on any atom is 0.435 e. The Balaban J connectivity index is 3.00. The van der Waals surface area contributed by atoms with E-state index in [4.69, 9.17) is 0 Å². The minimum Gasteiger partial charge on any atom is -0.464 e. The molecular weight excluding hydrogens is 282 g/mol. The van der Waals surface area contributed by atoms with Crippen LogP contribution in [0.15, 0.2) is 6.07 Å². The van der Waals surface area contributed by atoms with Crippen LogP contribution in [0.1, 0.15) is 18.3 Å². The van der Waals surface area contributed by atoms with Crippen molar-refractivity contribution in [3.05, 3.63) is 17.5 Å². The molecule has 0 radical (unpaired) electrons. The molecule has 1 aromatic rings. The van der Waals surface area contributed by atoms with E-state index in [1.807, 2.05) is 0 Å². The van der Waals surface area contributed by atoms with E-state index < -0.39 is 42.9 Å². The Bertz CT molecular complexity index is 462. The highest BCUT2D eigenvalue weighted by molar-refractivity contribution is 5.65. The number of rotatable bonds is 3. The van der Waals surface area contributed by atoms with Crippen molar-refractivity contribution in [2.24, 2.45) is 0 Å². The number of carbonyl (C=O) groups excluding carboxylic acids is 1. The van der Waals surface area contributed by atoms with Crippen LogP contribution >= 0.6 is 0 Å². The summed E-state index contributed by atoms with van der Waals surface area (Å²) in [5, 5.41) is 2.83. The number of alkyl halides is 6. The third-order valence-corrected chi connectivity index (χ3v) is 1.97. The van der Waals surface area contributed by atoms with Crippen LogP contribution in [0.3, 0.4) is 0 Å². The lowest BCUT2D eigenvalue weighted by Crippen LogP contribution is -2.18. The highest BCUT2D eigenvalue weighted by Crippen LogP contribution is 2.34. The van der Waals surface area contributed by atoms with Crippen LogP contribution in [-0.2, 0) is 28.4 Å². The molecule has 0 aliphatic heterocycles. The van der Waals surface area contributed by atoms with Gasteiger partial charge in [0, 0.05) is 13.0 Å². The minimum atomic E-state index is -4.98. The summed E-state index contributed by atoms with van der Waals surface area (Å²) >= 11 is 0. The third-order valence-electron chi connectivity index (χ3n) is 1.97. The number of esters is 1. The molecule has 0 bridgehead atoms. The van der Waals surface area contributed by atoms with Crippen molar-refractivity contribution in [3.8, 4) is 0 Å². The molecule has 1 rings (SSSR count). The molecule has 0 aliphatic carbocycles. The zero-order valence-corrected chi connectivity index (χ0v) is 9.47. The van der Waals surface area contributed by atoms with Gasteiger partial charge in [0.25, 0.3) is 0 Å². The molecule has 0 spiro atoms. The van der Waals surface area contributed by atoms with Gasteiger partial charge in [-0.25, -0.2) is 0 Å². The van der Waals surface area contributed by atoms with Crippen LogP contribution in [0.4, 0.5) is 26.3 Å². The van der Waals surface area contributed by atoms with Crippen LogP contribution in [0.25, 0.3) is 0 Å². The molecule has 0 aromatic carbocycles. The second-order valence-electron chi connectivity index (χ2n) is 3.47. The first-order valence-corrected chi connectivity index (χ1v) is 4.87. The number of ether oxygens (including phenoxy) is 1. The van der Waals surface area contributed by atoms with Gasteiger partial charge in [0.05, 0.1) is 6.54 Å². The maximum absolute atomic E-state index is 12.5. The Labute approximate surface area is 102 Å². The number of nitrogens with zero attached hydrogens (tertiary/aromatic N) is 2. The lowest BCUT2D eigenvalue weighted by atomic mass is 10.3. The second kappa shape index (κ2) is 5.10. The predicted molar refractivity (Wildman–Crippen MR) is 48.9 cm³/mol. The highest BCUT2D eigenvalue weighted by atomic mass is 19.4. The van der Waals surface area contributed by atoms with Gasteiger partial charge in [-0.2, -0.15) is 31.4 Å². The fourth-order valence-corrected chi connectivity index (χ4v) is 1.23. The molecule has 0 saturated heterocycles. The molecule has 108 valence electrons. The summed E-state index contributed by atoms with van der Waals surface area (Å²) in [5.41, 5.74) is -3.20. The summed E-state index contributed by atoms with van der Waals surface area (Å²) in [6.07, 6.45) is -9.96. The summed E-state index contributed by atoms with van der Waals surface area (Å²) < 4.78 is 78.8. The molecule has 1 aromatic heterocycles. The molecule has 0 atom stereocenters. The zero-order chi connectivity index (χ0) is 14.8. The molecule has 0 N–H and O–H groups in total. The van der Waals surface area contributed by atoms with Gasteiger partial charge >= 0.3 is 18.3 Å². The van der Waals surface area contributed by atoms with Gasteiger partial charge in [0.1, 0.15) is 12.3 Å². The largest absolute Gasteiger partial charge is 0.464 e. The van der Waals surface area contributed by atoms with Crippen LogP contribution in [0.2, 0.25) is 0 Å². The predicted octanol–water partition coefficient (Wildman–Crippen LogP) is 2.48. The monoisotopic (exact) mass is 290 g/mol. The molecule has 0 aliphatic rings. The van der Waals surface area contributed by atoms with Gasteiger partial charge in [0.2, 0.25) is 0 Å². The molecule has 0 fully saturated rings. The van der Waals surface area contributed by atoms with Crippen molar-refractivity contribution < 1.29 is 35.9 Å². The van der Waals surface area contributed by atoms with Gasteiger partial charge in [0.15, 0.2) is 5.69 Å². The van der Waals surface area contributed by atoms with Crippen LogP contribution in [0, 0.1) is 0 Å². The molecule has 0 amide bonds. The van der Waals surface area contributed by atoms with Crippen LogP contribution < -0.4 is 0 Å². The summed E-state index contributed by atoms with van der Waals surface area (Å²) in [5.74, 6) is -0.753. The number of carbonyl (C=O) groups is 1. The van der Waals surface area contributed by atoms with E-state index in [0.29, 0.717) is 0 Å². The van der Waals surface area contributed by atoms with Gasteiger partial charge < -0.3 is 4.74 Å². The van der Waals surface area contributed by atoms with Crippen molar-refractivity contribution in [1.29, 1.82) is 0 Å². The Hall–Kier alpha value is -1.74. The third kappa shape index (κ3) is 4.14. The molecule has 0 saturated carbocycles. The Morgan fingerprint density at radius 3 is 2.26 bits per heavy atom. The van der Waals surface area contributed by atoms with Crippen LogP contribution in [0.5, 0.6) is 0 Å². The van der Waals surface area contributed by atoms with E-state index >= 15 is 0 Å². The van der Waals surface area contributed by atoms with E-state index in [1.165, 1.54) is 0 Å². The highest BCUT2D eigenvalue weighted by Gasteiger charge is 2.41. The molecule has 10 heteroatoms. The number of hydrogen-bond acceptors (Lipinski definition) is 3. The van der Waals surface area contributed by atoms with Crippen molar-refractivity contribution in [3.63, 3.8) is 0 Å². The molecule has 4 nitrogen and oxygen atoms in total. The smallest absolute Gasteiger partial charge is 0.435 e. The first kappa shape index (κ1) is 15.3. The van der Waals surface area contributed by atoms with E-state index in [0.717, 1.165) is 6.92 Å². The summed E-state index contributed by atoms with van der Waals surface area (Å²) in [6.45, 7) is -0.100. The maximum atomic E-state index is 12.5. The van der Waals surface area contributed by atoms with Crippen molar-refractivity contribution in [2.75, 3.05) is 6.61 Å². The fourth-order valence-electron chi connectivity index (χ4n) is 1.23. The van der Waals surface area contributed by atoms with E-state index in [1.54, 1.807) is 0 Å². The summed E-state index contributed by atoms with van der Waals surface area (Å²) in [4.78, 5) is 10.4. The van der Waals surface area contributed by atoms with Gasteiger partial charge in [-0.3, -0.25) is 9.48 Å². The number of hydrogen-bond donors (Lipinski definition) is 0. The average Bonchev–Trinajstić information content (AvgIpc) is 2.59. The van der Waals surface area contributed by atoms with Crippen molar-refractivity contribution in [2.45, 2.75) is 25.8 Å². The fraction of sp³-hybridized carbons (Fsp3) is 0.556. The minimum absolute atomic E-state index is 0.0895. The SMILES string of the molecule is CC(=O)OCCn1nc(C(F)(F)F)cc1C(F)(F)F. The Morgan fingerprint density at radius 1 is 1.26 bits per heavy atom. The van der Waals surface area contributed by atoms with E-state index in [2.05, 4.69) is 9.84 Å². The second-order valence-corrected chi connectivity index (χ2v) is 3.47. The van der Waals surface area contributed by atoms with Crippen molar-refractivity contribution >= 4 is 5.97 Å². The lowest BCUT2D eigenvalue weighted by molar-refractivity contribution is -0.145. The quantitative estimate of drug-likeness (QED) is 0.634. The Kier molecular flexibility index (Phi) is 4.11. The summed E-state index contributed by atoms with van der Waals surface area (Å²) in [7, 11) is 0. The first-order chi connectivity index (χ1) is 8.51. The van der Waals surface area contributed by atoms with Crippen LogP contribution in [-0.4, -0.2) is 22.4 Å². The first-order valence-electron chi connectivity index (χ1n) is 4.87. The molecule has 0 unspecified atom stereocenters. The van der Waals surface area contributed by atoms with Crippen molar-refractivity contribution in [1.82, 2.24) is 9.78 Å². The van der Waals surface area contributed by atoms with E-state index in [9.17, 15) is 31.1 Å². The van der Waals surface area contributed by atoms with Gasteiger partial charge in [-0.1, -0.05) is 0 Å². The van der Waals surface area contributed by atoms with E-state index in [-0.39, 0.29) is 10.7 Å². The molecule has 1 heterocycles. The normalized spacial score (nSPS) is 12.6. The number of halogens is 6.